The first-order chi connectivity index (χ1) is 13.1. The summed E-state index contributed by atoms with van der Waals surface area (Å²) in [4.78, 5) is 24.4. The summed E-state index contributed by atoms with van der Waals surface area (Å²) in [5, 5.41) is 6.49. The Kier molecular flexibility index (Phi) is 5.69. The minimum atomic E-state index is -0.612. The Morgan fingerprint density at radius 3 is 2.37 bits per heavy atom. The highest BCUT2D eigenvalue weighted by Gasteiger charge is 2.12. The first-order valence-corrected chi connectivity index (χ1v) is 8.18. The van der Waals surface area contributed by atoms with Gasteiger partial charge in [-0.25, -0.2) is 9.82 Å². The molecule has 0 fully saturated rings. The minimum absolute atomic E-state index is 0.0696. The number of benzene rings is 3. The molecule has 0 bridgehead atoms. The van der Waals surface area contributed by atoms with Gasteiger partial charge in [-0.1, -0.05) is 48.5 Å². The minimum Gasteiger partial charge on any atom is -0.322 e. The number of nitrogens with zero attached hydrogens (tertiary/aromatic N) is 1. The van der Waals surface area contributed by atoms with Crippen LogP contribution in [0.3, 0.4) is 0 Å². The summed E-state index contributed by atoms with van der Waals surface area (Å²) >= 11 is 0. The van der Waals surface area contributed by atoms with Gasteiger partial charge in [0.05, 0.1) is 11.8 Å². The number of carbonyl (C=O) groups is 2. The van der Waals surface area contributed by atoms with Crippen LogP contribution in [0.5, 0.6) is 0 Å². The molecule has 0 aliphatic rings. The van der Waals surface area contributed by atoms with Crippen molar-refractivity contribution in [3.05, 3.63) is 101 Å². The third kappa shape index (κ3) is 4.85. The van der Waals surface area contributed by atoms with E-state index in [9.17, 15) is 14.0 Å². The molecule has 27 heavy (non-hydrogen) atoms. The molecule has 0 radical (unpaired) electrons. The van der Waals surface area contributed by atoms with Gasteiger partial charge in [-0.3, -0.25) is 9.59 Å². The smallest absolute Gasteiger partial charge is 0.271 e. The van der Waals surface area contributed by atoms with Crippen molar-refractivity contribution in [3.63, 3.8) is 0 Å². The Balaban J connectivity index is 1.66. The van der Waals surface area contributed by atoms with E-state index in [1.165, 1.54) is 30.5 Å². The van der Waals surface area contributed by atoms with Crippen molar-refractivity contribution in [3.8, 4) is 0 Å². The zero-order valence-corrected chi connectivity index (χ0v) is 14.2. The van der Waals surface area contributed by atoms with E-state index in [-0.39, 0.29) is 5.56 Å². The molecule has 0 unspecified atom stereocenters. The van der Waals surface area contributed by atoms with E-state index in [2.05, 4.69) is 15.8 Å². The Morgan fingerprint density at radius 2 is 1.59 bits per heavy atom. The number of hydrogen-bond donors (Lipinski definition) is 2. The van der Waals surface area contributed by atoms with Gasteiger partial charge >= 0.3 is 0 Å². The van der Waals surface area contributed by atoms with E-state index in [1.54, 1.807) is 24.3 Å². The summed E-state index contributed by atoms with van der Waals surface area (Å²) in [6.45, 7) is 0. The predicted octanol–water partition coefficient (Wildman–Crippen LogP) is 3.84. The molecule has 6 heteroatoms. The number of anilines is 1. The monoisotopic (exact) mass is 361 g/mol. The fourth-order valence-electron chi connectivity index (χ4n) is 2.35. The van der Waals surface area contributed by atoms with Crippen LogP contribution in [-0.4, -0.2) is 18.0 Å². The average molecular weight is 361 g/mol. The Morgan fingerprint density at radius 1 is 0.852 bits per heavy atom. The lowest BCUT2D eigenvalue weighted by atomic mass is 10.1. The lowest BCUT2D eigenvalue weighted by molar-refractivity contribution is 0.0953. The number of amides is 2. The van der Waals surface area contributed by atoms with Crippen LogP contribution < -0.4 is 10.7 Å². The second-order valence-electron chi connectivity index (χ2n) is 5.62. The normalized spacial score (nSPS) is 10.6. The summed E-state index contributed by atoms with van der Waals surface area (Å²) in [7, 11) is 0. The number of halogens is 1. The van der Waals surface area contributed by atoms with E-state index >= 15 is 0 Å². The fourth-order valence-corrected chi connectivity index (χ4v) is 2.35. The summed E-state index contributed by atoms with van der Waals surface area (Å²) in [5.41, 5.74) is 3.90. The van der Waals surface area contributed by atoms with E-state index in [0.717, 1.165) is 5.56 Å². The third-order valence-electron chi connectivity index (χ3n) is 3.68. The van der Waals surface area contributed by atoms with Crippen LogP contribution in [0.1, 0.15) is 26.3 Å². The van der Waals surface area contributed by atoms with Crippen LogP contribution in [0.25, 0.3) is 0 Å². The number of rotatable bonds is 5. The first-order valence-electron chi connectivity index (χ1n) is 8.18. The van der Waals surface area contributed by atoms with Crippen molar-refractivity contribution in [2.75, 3.05) is 5.32 Å². The Labute approximate surface area is 155 Å². The molecular weight excluding hydrogens is 345 g/mol. The Bertz CT molecular complexity index is 987. The maximum atomic E-state index is 13.7. The van der Waals surface area contributed by atoms with Crippen molar-refractivity contribution in [2.24, 2.45) is 5.10 Å². The molecule has 134 valence electrons. The van der Waals surface area contributed by atoms with E-state index in [1.807, 2.05) is 30.3 Å². The molecular formula is C21H16FN3O2. The molecule has 5 nitrogen and oxygen atoms in total. The summed E-state index contributed by atoms with van der Waals surface area (Å²) < 4.78 is 13.7. The van der Waals surface area contributed by atoms with Gasteiger partial charge in [-0.2, -0.15) is 5.10 Å². The molecule has 0 aliphatic carbocycles. The molecule has 3 rings (SSSR count). The van der Waals surface area contributed by atoms with E-state index in [0.29, 0.717) is 11.3 Å². The number of hydrogen-bond acceptors (Lipinski definition) is 3. The summed E-state index contributed by atoms with van der Waals surface area (Å²) in [5.74, 6) is -1.63. The lowest BCUT2D eigenvalue weighted by Gasteiger charge is -2.07. The van der Waals surface area contributed by atoms with E-state index < -0.39 is 17.6 Å². The van der Waals surface area contributed by atoms with Crippen LogP contribution in [0.4, 0.5) is 10.1 Å². The SMILES string of the molecule is O=C(N/N=C\c1ccccc1)c1cccc(NC(=O)c2ccccc2F)c1. The maximum absolute atomic E-state index is 13.7. The zero-order chi connectivity index (χ0) is 19.1. The highest BCUT2D eigenvalue weighted by atomic mass is 19.1. The molecule has 0 aromatic heterocycles. The van der Waals surface area contributed by atoms with Crippen LogP contribution in [-0.2, 0) is 0 Å². The van der Waals surface area contributed by atoms with Gasteiger partial charge in [0.1, 0.15) is 5.82 Å². The highest BCUT2D eigenvalue weighted by Crippen LogP contribution is 2.14. The van der Waals surface area contributed by atoms with Gasteiger partial charge in [0.15, 0.2) is 0 Å². The van der Waals surface area contributed by atoms with Crippen molar-refractivity contribution >= 4 is 23.7 Å². The largest absolute Gasteiger partial charge is 0.322 e. The van der Waals surface area contributed by atoms with Gasteiger partial charge in [0, 0.05) is 11.3 Å². The highest BCUT2D eigenvalue weighted by molar-refractivity contribution is 6.05. The van der Waals surface area contributed by atoms with Gasteiger partial charge < -0.3 is 5.32 Å². The number of carbonyl (C=O) groups excluding carboxylic acids is 2. The molecule has 0 atom stereocenters. The second-order valence-corrected chi connectivity index (χ2v) is 5.62. The Hall–Kier alpha value is -3.80. The fraction of sp³-hybridized carbons (Fsp3) is 0. The van der Waals surface area contributed by atoms with Crippen molar-refractivity contribution in [1.82, 2.24) is 5.43 Å². The molecule has 0 heterocycles. The number of hydrazone groups is 1. The van der Waals surface area contributed by atoms with E-state index in [4.69, 9.17) is 0 Å². The second kappa shape index (κ2) is 8.53. The molecule has 0 saturated carbocycles. The molecule has 0 saturated heterocycles. The van der Waals surface area contributed by atoms with Gasteiger partial charge in [0.25, 0.3) is 11.8 Å². The standard InChI is InChI=1S/C21H16FN3O2/c22-19-12-5-4-11-18(19)21(27)24-17-10-6-9-16(13-17)20(26)25-23-14-15-7-2-1-3-8-15/h1-14H,(H,24,27)(H,25,26)/b23-14-. The number of nitrogens with one attached hydrogen (secondary N) is 2. The zero-order valence-electron chi connectivity index (χ0n) is 14.2. The van der Waals surface area contributed by atoms with Crippen molar-refractivity contribution in [1.29, 1.82) is 0 Å². The quantitative estimate of drug-likeness (QED) is 0.535. The van der Waals surface area contributed by atoms with Gasteiger partial charge in [0.2, 0.25) is 0 Å². The maximum Gasteiger partial charge on any atom is 0.271 e. The molecule has 3 aromatic rings. The molecule has 0 aliphatic heterocycles. The van der Waals surface area contributed by atoms with Crippen molar-refractivity contribution < 1.29 is 14.0 Å². The lowest BCUT2D eigenvalue weighted by Crippen LogP contribution is -2.18. The van der Waals surface area contributed by atoms with Crippen LogP contribution in [0.2, 0.25) is 0 Å². The summed E-state index contributed by atoms with van der Waals surface area (Å²) in [6.07, 6.45) is 1.53. The molecule has 3 aromatic carbocycles. The van der Waals surface area contributed by atoms with Crippen LogP contribution in [0, 0.1) is 5.82 Å². The predicted molar refractivity (Wildman–Crippen MR) is 102 cm³/mol. The topological polar surface area (TPSA) is 70.6 Å². The van der Waals surface area contributed by atoms with Gasteiger partial charge in [-0.05, 0) is 35.9 Å². The first kappa shape index (κ1) is 18.0. The molecule has 2 amide bonds. The third-order valence-corrected chi connectivity index (χ3v) is 3.68. The van der Waals surface area contributed by atoms with Gasteiger partial charge in [-0.15, -0.1) is 0 Å². The van der Waals surface area contributed by atoms with Crippen molar-refractivity contribution in [2.45, 2.75) is 0 Å². The van der Waals surface area contributed by atoms with Crippen LogP contribution in [0.15, 0.2) is 84.0 Å². The van der Waals surface area contributed by atoms with Crippen LogP contribution >= 0.6 is 0 Å². The summed E-state index contributed by atoms with van der Waals surface area (Å²) in [6, 6.07) is 21.3. The molecule has 2 N–H and O–H groups in total. The molecule has 0 spiro atoms. The average Bonchev–Trinajstić information content (AvgIpc) is 2.69.